The highest BCUT2D eigenvalue weighted by molar-refractivity contribution is 5.63. The predicted octanol–water partition coefficient (Wildman–Crippen LogP) is 4.91. The Morgan fingerprint density at radius 2 is 1.89 bits per heavy atom. The molecule has 0 aromatic heterocycles. The molecule has 0 unspecified atom stereocenters. The summed E-state index contributed by atoms with van der Waals surface area (Å²) in [6, 6.07) is 11.4. The molecule has 146 valence electrons. The number of rotatable bonds is 4. The summed E-state index contributed by atoms with van der Waals surface area (Å²) in [5.41, 5.74) is 3.41. The molecular weight excluding hydrogens is 356 g/mol. The Morgan fingerprint density at radius 3 is 2.64 bits per heavy atom. The molecule has 0 saturated heterocycles. The zero-order chi connectivity index (χ0) is 19.4. The summed E-state index contributed by atoms with van der Waals surface area (Å²) in [4.78, 5) is 11.0. The molecule has 2 fully saturated rings. The van der Waals surface area contributed by atoms with Crippen LogP contribution in [0.3, 0.4) is 0 Å². The fraction of sp³-hybridized carbons (Fsp3) is 0.455. The summed E-state index contributed by atoms with van der Waals surface area (Å²) in [5, 5.41) is 15.0. The van der Waals surface area contributed by atoms with Crippen LogP contribution in [0.5, 0.6) is 11.5 Å². The zero-order valence-electron chi connectivity index (χ0n) is 16.1. The smallest absolute Gasteiger partial charge is 0.269 e. The summed E-state index contributed by atoms with van der Waals surface area (Å²) in [6.07, 6.45) is 3.67. The van der Waals surface area contributed by atoms with E-state index in [1.165, 1.54) is 19.3 Å². The molecule has 2 aromatic rings. The number of methoxy groups -OCH3 is 2. The van der Waals surface area contributed by atoms with E-state index in [1.54, 1.807) is 26.4 Å². The largest absolute Gasteiger partial charge is 0.493 e. The second-order valence-corrected chi connectivity index (χ2v) is 8.17. The summed E-state index contributed by atoms with van der Waals surface area (Å²) in [7, 11) is 3.34. The molecule has 5 atom stereocenters. The first-order valence-electron chi connectivity index (χ1n) is 9.88. The van der Waals surface area contributed by atoms with Crippen LogP contribution in [0.4, 0.5) is 11.4 Å². The van der Waals surface area contributed by atoms with Gasteiger partial charge in [0.25, 0.3) is 5.69 Å². The van der Waals surface area contributed by atoms with E-state index in [1.807, 2.05) is 18.2 Å². The number of non-ortho nitro benzene ring substituents is 1. The van der Waals surface area contributed by atoms with Gasteiger partial charge in [-0.1, -0.05) is 12.1 Å². The first kappa shape index (κ1) is 17.3. The van der Waals surface area contributed by atoms with Crippen LogP contribution in [-0.2, 0) is 0 Å². The minimum Gasteiger partial charge on any atom is -0.493 e. The van der Waals surface area contributed by atoms with E-state index < -0.39 is 0 Å². The van der Waals surface area contributed by atoms with E-state index in [9.17, 15) is 10.1 Å². The number of nitro groups is 1. The monoisotopic (exact) mass is 380 g/mol. The fourth-order valence-corrected chi connectivity index (χ4v) is 6.05. The average molecular weight is 380 g/mol. The normalized spacial score (nSPS) is 29.6. The van der Waals surface area contributed by atoms with Crippen molar-refractivity contribution >= 4 is 11.4 Å². The van der Waals surface area contributed by atoms with Gasteiger partial charge in [0, 0.05) is 23.4 Å². The average Bonchev–Trinajstić information content (AvgIpc) is 3.34. The summed E-state index contributed by atoms with van der Waals surface area (Å²) in [5.74, 6) is 3.52. The molecule has 2 aromatic carbocycles. The lowest BCUT2D eigenvalue weighted by Crippen LogP contribution is -2.35. The molecule has 0 spiro atoms. The van der Waals surface area contributed by atoms with Crippen molar-refractivity contribution in [1.82, 2.24) is 0 Å². The lowest BCUT2D eigenvalue weighted by atomic mass is 9.68. The maximum atomic E-state index is 11.3. The number of hydrogen-bond acceptors (Lipinski definition) is 5. The molecule has 0 amide bonds. The van der Waals surface area contributed by atoms with Crippen LogP contribution >= 0.6 is 0 Å². The van der Waals surface area contributed by atoms with Crippen LogP contribution in [-0.4, -0.2) is 19.1 Å². The number of hydrogen-bond donors (Lipinski definition) is 1. The van der Waals surface area contributed by atoms with E-state index in [4.69, 9.17) is 9.47 Å². The van der Waals surface area contributed by atoms with Crippen molar-refractivity contribution in [2.45, 2.75) is 31.2 Å². The van der Waals surface area contributed by atoms with Crippen LogP contribution in [0.25, 0.3) is 0 Å². The van der Waals surface area contributed by atoms with Gasteiger partial charge in [-0.2, -0.15) is 0 Å². The number of nitrogens with zero attached hydrogens (tertiary/aromatic N) is 1. The summed E-state index contributed by atoms with van der Waals surface area (Å²) < 4.78 is 11.3. The molecule has 1 heterocycles. The highest BCUT2D eigenvalue weighted by Gasteiger charge is 2.54. The van der Waals surface area contributed by atoms with Gasteiger partial charge < -0.3 is 14.8 Å². The summed E-state index contributed by atoms with van der Waals surface area (Å²) in [6.45, 7) is 0. The van der Waals surface area contributed by atoms with Crippen molar-refractivity contribution in [3.63, 3.8) is 0 Å². The van der Waals surface area contributed by atoms with E-state index in [-0.39, 0.29) is 16.7 Å². The number of para-hydroxylation sites is 1. The van der Waals surface area contributed by atoms with Gasteiger partial charge in [0.2, 0.25) is 0 Å². The van der Waals surface area contributed by atoms with E-state index in [2.05, 4.69) is 11.4 Å². The summed E-state index contributed by atoms with van der Waals surface area (Å²) >= 11 is 0. The fourth-order valence-electron chi connectivity index (χ4n) is 6.05. The van der Waals surface area contributed by atoms with Gasteiger partial charge in [-0.15, -0.1) is 0 Å². The number of anilines is 1. The van der Waals surface area contributed by atoms with Gasteiger partial charge in [-0.05, 0) is 60.6 Å². The van der Waals surface area contributed by atoms with E-state index in [0.29, 0.717) is 23.7 Å². The minimum absolute atomic E-state index is 0.110. The molecule has 2 saturated carbocycles. The molecule has 1 aliphatic heterocycles. The number of nitrogens with one attached hydrogen (secondary N) is 1. The maximum absolute atomic E-state index is 11.3. The van der Waals surface area contributed by atoms with Crippen molar-refractivity contribution < 1.29 is 14.4 Å². The lowest BCUT2D eigenvalue weighted by molar-refractivity contribution is -0.384. The molecule has 28 heavy (non-hydrogen) atoms. The van der Waals surface area contributed by atoms with Gasteiger partial charge >= 0.3 is 0 Å². The SMILES string of the molecule is COc1cccc([C@H]2Nc3ccc([N+](=O)[O-])cc3[C@H]3[C@H]4CC[C@@H](C4)[C@@H]32)c1OC. The van der Waals surface area contributed by atoms with Crippen molar-refractivity contribution in [2.75, 3.05) is 19.5 Å². The molecule has 2 bridgehead atoms. The van der Waals surface area contributed by atoms with Crippen LogP contribution in [0.1, 0.15) is 42.3 Å². The van der Waals surface area contributed by atoms with Gasteiger partial charge in [-0.25, -0.2) is 0 Å². The first-order chi connectivity index (χ1) is 13.6. The molecule has 2 aliphatic carbocycles. The molecule has 6 nitrogen and oxygen atoms in total. The number of fused-ring (bicyclic) bond motifs is 7. The van der Waals surface area contributed by atoms with Crippen LogP contribution < -0.4 is 14.8 Å². The third-order valence-electron chi connectivity index (χ3n) is 7.05. The Morgan fingerprint density at radius 1 is 1.07 bits per heavy atom. The molecule has 0 radical (unpaired) electrons. The van der Waals surface area contributed by atoms with Crippen LogP contribution in [0, 0.1) is 27.9 Å². The van der Waals surface area contributed by atoms with E-state index in [0.717, 1.165) is 28.3 Å². The third kappa shape index (κ3) is 2.40. The van der Waals surface area contributed by atoms with Crippen LogP contribution in [0.15, 0.2) is 36.4 Å². The molecule has 3 aliphatic rings. The quantitative estimate of drug-likeness (QED) is 0.603. The second kappa shape index (κ2) is 6.40. The second-order valence-electron chi connectivity index (χ2n) is 8.17. The molecule has 1 N–H and O–H groups in total. The Hall–Kier alpha value is -2.76. The highest BCUT2D eigenvalue weighted by atomic mass is 16.6. The Bertz CT molecular complexity index is 944. The number of ether oxygens (including phenoxy) is 2. The Balaban J connectivity index is 1.65. The number of nitro benzene ring substituents is 1. The van der Waals surface area contributed by atoms with Gasteiger partial charge in [0.15, 0.2) is 11.5 Å². The molecule has 6 heteroatoms. The van der Waals surface area contributed by atoms with Crippen LogP contribution in [0.2, 0.25) is 0 Å². The Labute approximate surface area is 164 Å². The maximum Gasteiger partial charge on any atom is 0.269 e. The lowest BCUT2D eigenvalue weighted by Gasteiger charge is -2.43. The van der Waals surface area contributed by atoms with Crippen molar-refractivity contribution in [2.24, 2.45) is 17.8 Å². The highest BCUT2D eigenvalue weighted by Crippen LogP contribution is 2.64. The van der Waals surface area contributed by atoms with Gasteiger partial charge in [0.05, 0.1) is 25.2 Å². The minimum atomic E-state index is -0.292. The first-order valence-corrected chi connectivity index (χ1v) is 9.88. The van der Waals surface area contributed by atoms with Gasteiger partial charge in [0.1, 0.15) is 0 Å². The third-order valence-corrected chi connectivity index (χ3v) is 7.05. The standard InChI is InChI=1S/C22H24N2O4/c1-27-18-5-3-4-15(22(18)28-2)21-20-13-7-6-12(10-13)19(20)16-11-14(24(25)26)8-9-17(16)23-21/h3-5,8-9,11-13,19-21,23H,6-7,10H2,1-2H3/t12-,13-,19+,20-,21+/m0/s1. The number of benzene rings is 2. The zero-order valence-corrected chi connectivity index (χ0v) is 16.1. The topological polar surface area (TPSA) is 73.6 Å². The van der Waals surface area contributed by atoms with Crippen molar-refractivity contribution in [3.05, 3.63) is 57.6 Å². The Kier molecular flexibility index (Phi) is 3.96. The van der Waals surface area contributed by atoms with Crippen molar-refractivity contribution in [1.29, 1.82) is 0 Å². The van der Waals surface area contributed by atoms with E-state index >= 15 is 0 Å². The predicted molar refractivity (Wildman–Crippen MR) is 106 cm³/mol. The molecular formula is C22H24N2O4. The molecule has 5 rings (SSSR count). The van der Waals surface area contributed by atoms with Crippen molar-refractivity contribution in [3.8, 4) is 11.5 Å². The van der Waals surface area contributed by atoms with Gasteiger partial charge in [-0.3, -0.25) is 10.1 Å².